The van der Waals surface area contributed by atoms with E-state index in [0.29, 0.717) is 12.3 Å². The number of amides is 1. The maximum absolute atomic E-state index is 12.7. The van der Waals surface area contributed by atoms with Gasteiger partial charge in [0.1, 0.15) is 5.82 Å². The topological polar surface area (TPSA) is 69.1 Å². The number of hydrogen-bond donors (Lipinski definition) is 0. The number of carbonyl (C=O) groups is 1. The third-order valence-corrected chi connectivity index (χ3v) is 5.35. The molecule has 4 aromatic rings. The maximum atomic E-state index is 12.7. The van der Waals surface area contributed by atoms with Crippen LogP contribution in [0.1, 0.15) is 29.4 Å². The molecule has 1 aliphatic heterocycles. The Kier molecular flexibility index (Phi) is 4.48. The first-order chi connectivity index (χ1) is 14.3. The predicted molar refractivity (Wildman–Crippen MR) is 108 cm³/mol. The van der Waals surface area contributed by atoms with Gasteiger partial charge in [-0.2, -0.15) is 5.10 Å². The predicted octanol–water partition coefficient (Wildman–Crippen LogP) is 3.81. The third-order valence-electron chi connectivity index (χ3n) is 5.35. The summed E-state index contributed by atoms with van der Waals surface area (Å²) in [6.45, 7) is 1.39. The van der Waals surface area contributed by atoms with E-state index in [1.165, 1.54) is 6.26 Å². The molecule has 0 saturated carbocycles. The molecule has 4 heterocycles. The van der Waals surface area contributed by atoms with Crippen LogP contribution in [0.2, 0.25) is 0 Å². The second kappa shape index (κ2) is 7.43. The molecule has 0 unspecified atom stereocenters. The molecule has 7 heteroatoms. The highest BCUT2D eigenvalue weighted by Crippen LogP contribution is 2.29. The van der Waals surface area contributed by atoms with Crippen molar-refractivity contribution < 1.29 is 9.21 Å². The van der Waals surface area contributed by atoms with Gasteiger partial charge in [0.25, 0.3) is 5.91 Å². The molecule has 5 rings (SSSR count). The maximum Gasteiger partial charge on any atom is 0.289 e. The standard InChI is InChI=1S/C22H21N5O2/c28-22(20-8-3-14-29-20)25-11-2-7-19(16-25)26-13-10-23-21(26)17-5-1-6-18(15-17)27-12-4-9-24-27/h1,3-6,8-10,12-15,19H,2,7,11,16H2/t19-/m1/s1. The zero-order chi connectivity index (χ0) is 19.6. The lowest BCUT2D eigenvalue weighted by atomic mass is 10.0. The van der Waals surface area contributed by atoms with E-state index in [9.17, 15) is 4.79 Å². The zero-order valence-corrected chi connectivity index (χ0v) is 15.9. The summed E-state index contributed by atoms with van der Waals surface area (Å²) in [7, 11) is 0. The van der Waals surface area contributed by atoms with Crippen molar-refractivity contribution in [2.75, 3.05) is 13.1 Å². The molecule has 1 aromatic carbocycles. The van der Waals surface area contributed by atoms with Crippen LogP contribution in [0, 0.1) is 0 Å². The Balaban J connectivity index is 1.42. The van der Waals surface area contributed by atoms with Crippen LogP contribution in [0.25, 0.3) is 17.1 Å². The molecule has 0 bridgehead atoms. The summed E-state index contributed by atoms with van der Waals surface area (Å²) in [5.74, 6) is 1.24. The number of carbonyl (C=O) groups excluding carboxylic acids is 1. The highest BCUT2D eigenvalue weighted by molar-refractivity contribution is 5.91. The molecule has 1 amide bonds. The first-order valence-corrected chi connectivity index (χ1v) is 9.76. The average Bonchev–Trinajstić information content (AvgIpc) is 3.55. The summed E-state index contributed by atoms with van der Waals surface area (Å²) in [5, 5.41) is 4.31. The van der Waals surface area contributed by atoms with Crippen LogP contribution in [0.4, 0.5) is 0 Å². The van der Waals surface area contributed by atoms with Gasteiger partial charge >= 0.3 is 0 Å². The number of hydrogen-bond acceptors (Lipinski definition) is 4. The fourth-order valence-corrected chi connectivity index (χ4v) is 3.96. The first-order valence-electron chi connectivity index (χ1n) is 9.76. The highest BCUT2D eigenvalue weighted by Gasteiger charge is 2.28. The Hall–Kier alpha value is -3.61. The summed E-state index contributed by atoms with van der Waals surface area (Å²) < 4.78 is 9.32. The minimum absolute atomic E-state index is 0.0537. The number of imidazole rings is 1. The fourth-order valence-electron chi connectivity index (χ4n) is 3.96. The van der Waals surface area contributed by atoms with Gasteiger partial charge in [-0.1, -0.05) is 12.1 Å². The van der Waals surface area contributed by atoms with E-state index < -0.39 is 0 Å². The van der Waals surface area contributed by atoms with Crippen molar-refractivity contribution in [3.05, 3.63) is 79.3 Å². The van der Waals surface area contributed by atoms with Crippen LogP contribution in [0.5, 0.6) is 0 Å². The van der Waals surface area contributed by atoms with Gasteiger partial charge in [0, 0.05) is 43.4 Å². The van der Waals surface area contributed by atoms with E-state index >= 15 is 0 Å². The summed E-state index contributed by atoms with van der Waals surface area (Å²) in [5.41, 5.74) is 2.01. The van der Waals surface area contributed by atoms with Crippen LogP contribution < -0.4 is 0 Å². The van der Waals surface area contributed by atoms with Gasteiger partial charge in [0.2, 0.25) is 0 Å². The zero-order valence-electron chi connectivity index (χ0n) is 15.9. The second-order valence-electron chi connectivity index (χ2n) is 7.18. The lowest BCUT2D eigenvalue weighted by Gasteiger charge is -2.33. The SMILES string of the molecule is O=C(c1ccco1)N1CCC[C@@H](n2ccnc2-c2cccc(-n3cccn3)c2)C1. The van der Waals surface area contributed by atoms with E-state index in [-0.39, 0.29) is 11.9 Å². The molecule has 0 radical (unpaired) electrons. The second-order valence-corrected chi connectivity index (χ2v) is 7.18. The molecule has 1 aliphatic rings. The summed E-state index contributed by atoms with van der Waals surface area (Å²) in [4.78, 5) is 19.2. The number of nitrogens with zero attached hydrogens (tertiary/aromatic N) is 5. The average molecular weight is 387 g/mol. The van der Waals surface area contributed by atoms with Crippen molar-refractivity contribution >= 4 is 5.91 Å². The van der Waals surface area contributed by atoms with Crippen molar-refractivity contribution in [1.82, 2.24) is 24.2 Å². The summed E-state index contributed by atoms with van der Waals surface area (Å²) >= 11 is 0. The Bertz CT molecular complexity index is 1100. The van der Waals surface area contributed by atoms with Gasteiger partial charge in [-0.25, -0.2) is 9.67 Å². The highest BCUT2D eigenvalue weighted by atomic mass is 16.3. The number of furan rings is 1. The van der Waals surface area contributed by atoms with Crippen molar-refractivity contribution in [2.24, 2.45) is 0 Å². The molecule has 29 heavy (non-hydrogen) atoms. The molecule has 7 nitrogen and oxygen atoms in total. The van der Waals surface area contributed by atoms with Gasteiger partial charge in [-0.3, -0.25) is 4.79 Å². The Morgan fingerprint density at radius 3 is 2.90 bits per heavy atom. The van der Waals surface area contributed by atoms with Gasteiger partial charge < -0.3 is 13.9 Å². The molecule has 1 atom stereocenters. The quantitative estimate of drug-likeness (QED) is 0.534. The van der Waals surface area contributed by atoms with Crippen molar-refractivity contribution in [3.63, 3.8) is 0 Å². The van der Waals surface area contributed by atoms with E-state index in [2.05, 4.69) is 26.8 Å². The molecule has 1 fully saturated rings. The van der Waals surface area contributed by atoms with Crippen LogP contribution in [0.15, 0.2) is 77.9 Å². The van der Waals surface area contributed by atoms with E-state index in [0.717, 1.165) is 36.5 Å². The van der Waals surface area contributed by atoms with Crippen LogP contribution in [-0.2, 0) is 0 Å². The Morgan fingerprint density at radius 1 is 1.10 bits per heavy atom. The van der Waals surface area contributed by atoms with Gasteiger partial charge in [-0.05, 0) is 43.2 Å². The molecule has 0 aliphatic carbocycles. The smallest absolute Gasteiger partial charge is 0.289 e. The van der Waals surface area contributed by atoms with Crippen LogP contribution >= 0.6 is 0 Å². The Morgan fingerprint density at radius 2 is 2.07 bits per heavy atom. The normalized spacial score (nSPS) is 16.8. The number of aromatic nitrogens is 4. The van der Waals surface area contributed by atoms with Crippen LogP contribution in [0.3, 0.4) is 0 Å². The van der Waals surface area contributed by atoms with Crippen molar-refractivity contribution in [3.8, 4) is 17.1 Å². The molecular weight excluding hydrogens is 366 g/mol. The molecule has 0 N–H and O–H groups in total. The van der Waals surface area contributed by atoms with Crippen LogP contribution in [-0.4, -0.2) is 43.2 Å². The number of rotatable bonds is 4. The van der Waals surface area contributed by atoms with Gasteiger partial charge in [-0.15, -0.1) is 0 Å². The van der Waals surface area contributed by atoms with E-state index in [1.807, 2.05) is 46.4 Å². The molecule has 1 saturated heterocycles. The fraction of sp³-hybridized carbons (Fsp3) is 0.227. The molecule has 146 valence electrons. The van der Waals surface area contributed by atoms with Crippen molar-refractivity contribution in [2.45, 2.75) is 18.9 Å². The molecule has 3 aromatic heterocycles. The van der Waals surface area contributed by atoms with Crippen molar-refractivity contribution in [1.29, 1.82) is 0 Å². The largest absolute Gasteiger partial charge is 0.459 e. The molecule has 0 spiro atoms. The van der Waals surface area contributed by atoms with E-state index in [1.54, 1.807) is 18.3 Å². The Labute approximate surface area is 168 Å². The number of likely N-dealkylation sites (tertiary alicyclic amines) is 1. The summed E-state index contributed by atoms with van der Waals surface area (Å²) in [6, 6.07) is 13.7. The lowest BCUT2D eigenvalue weighted by Crippen LogP contribution is -2.40. The van der Waals surface area contributed by atoms with Gasteiger partial charge in [0.15, 0.2) is 5.76 Å². The first kappa shape index (κ1) is 17.5. The van der Waals surface area contributed by atoms with E-state index in [4.69, 9.17) is 4.42 Å². The third kappa shape index (κ3) is 3.35. The molecular formula is C22H21N5O2. The monoisotopic (exact) mass is 387 g/mol. The minimum atomic E-state index is -0.0537. The number of piperidine rings is 1. The summed E-state index contributed by atoms with van der Waals surface area (Å²) in [6.07, 6.45) is 11.0. The minimum Gasteiger partial charge on any atom is -0.459 e. The van der Waals surface area contributed by atoms with Gasteiger partial charge in [0.05, 0.1) is 18.0 Å². The lowest BCUT2D eigenvalue weighted by molar-refractivity contribution is 0.0648. The number of benzene rings is 1.